The standard InChI is InChI=1S/C17H28N2O4S/c1-16(2,3)23-15(20)19-12-10-17(4,11-13-19)18-24(21,22)14-8-6-5-7-9-14/h5-6,8,18H,7,9-13H2,1-4H3. The minimum Gasteiger partial charge on any atom is -0.444 e. The number of carbonyl (C=O) groups excluding carboxylic acids is 1. The lowest BCUT2D eigenvalue weighted by molar-refractivity contribution is 0.0170. The van der Waals surface area contributed by atoms with Crippen LogP contribution >= 0.6 is 0 Å². The summed E-state index contributed by atoms with van der Waals surface area (Å²) in [4.78, 5) is 14.2. The van der Waals surface area contributed by atoms with Crippen LogP contribution in [0.1, 0.15) is 53.4 Å². The van der Waals surface area contributed by atoms with Gasteiger partial charge in [-0.05, 0) is 59.5 Å². The van der Waals surface area contributed by atoms with Crippen molar-refractivity contribution in [1.82, 2.24) is 9.62 Å². The van der Waals surface area contributed by atoms with Crippen LogP contribution in [-0.2, 0) is 14.8 Å². The van der Waals surface area contributed by atoms with Gasteiger partial charge in [-0.2, -0.15) is 0 Å². The van der Waals surface area contributed by atoms with Crippen LogP contribution in [0.3, 0.4) is 0 Å². The summed E-state index contributed by atoms with van der Waals surface area (Å²) in [7, 11) is -3.48. The van der Waals surface area contributed by atoms with Crippen LogP contribution in [0.15, 0.2) is 23.1 Å². The number of nitrogens with zero attached hydrogens (tertiary/aromatic N) is 1. The Morgan fingerprint density at radius 2 is 1.92 bits per heavy atom. The molecule has 7 heteroatoms. The number of hydrogen-bond acceptors (Lipinski definition) is 4. The second-order valence-corrected chi connectivity index (χ2v) is 9.47. The normalized spacial score (nSPS) is 21.3. The highest BCUT2D eigenvalue weighted by Gasteiger charge is 2.37. The molecule has 136 valence electrons. The fourth-order valence-corrected chi connectivity index (χ4v) is 4.43. The van der Waals surface area contributed by atoms with E-state index < -0.39 is 21.2 Å². The second kappa shape index (κ2) is 6.88. The Morgan fingerprint density at radius 1 is 1.29 bits per heavy atom. The number of nitrogens with one attached hydrogen (secondary N) is 1. The molecule has 6 nitrogen and oxygen atoms in total. The predicted molar refractivity (Wildman–Crippen MR) is 94.0 cm³/mol. The van der Waals surface area contributed by atoms with Crippen LogP contribution in [0.5, 0.6) is 0 Å². The summed E-state index contributed by atoms with van der Waals surface area (Å²) in [5.41, 5.74) is -1.07. The zero-order valence-corrected chi connectivity index (χ0v) is 15.8. The van der Waals surface area contributed by atoms with E-state index in [0.29, 0.717) is 37.3 Å². The highest BCUT2D eigenvalue weighted by Crippen LogP contribution is 2.27. The molecule has 0 aromatic rings. The average molecular weight is 356 g/mol. The summed E-state index contributed by atoms with van der Waals surface area (Å²) in [6.07, 6.45) is 7.47. The molecule has 0 saturated carbocycles. The lowest BCUT2D eigenvalue weighted by atomic mass is 9.91. The van der Waals surface area contributed by atoms with E-state index in [-0.39, 0.29) is 6.09 Å². The summed E-state index contributed by atoms with van der Waals surface area (Å²) in [5, 5.41) is 0. The summed E-state index contributed by atoms with van der Waals surface area (Å²) >= 11 is 0. The molecule has 0 aromatic heterocycles. The monoisotopic (exact) mass is 356 g/mol. The van der Waals surface area contributed by atoms with E-state index in [1.165, 1.54) is 0 Å². The fourth-order valence-electron chi connectivity index (χ4n) is 2.81. The number of sulfonamides is 1. The van der Waals surface area contributed by atoms with Gasteiger partial charge in [-0.3, -0.25) is 0 Å². The van der Waals surface area contributed by atoms with E-state index in [9.17, 15) is 13.2 Å². The third-order valence-electron chi connectivity index (χ3n) is 4.22. The van der Waals surface area contributed by atoms with Gasteiger partial charge >= 0.3 is 6.09 Å². The van der Waals surface area contributed by atoms with Crippen molar-refractivity contribution in [3.8, 4) is 0 Å². The van der Waals surface area contributed by atoms with Crippen molar-refractivity contribution in [1.29, 1.82) is 0 Å². The maximum Gasteiger partial charge on any atom is 0.410 e. The smallest absolute Gasteiger partial charge is 0.410 e. The van der Waals surface area contributed by atoms with Gasteiger partial charge in [0.1, 0.15) is 5.60 Å². The van der Waals surface area contributed by atoms with Gasteiger partial charge in [0.05, 0.1) is 4.91 Å². The van der Waals surface area contributed by atoms with Crippen LogP contribution in [-0.4, -0.2) is 43.6 Å². The van der Waals surface area contributed by atoms with Crippen molar-refractivity contribution in [2.24, 2.45) is 0 Å². The number of piperidine rings is 1. The van der Waals surface area contributed by atoms with E-state index in [1.54, 1.807) is 17.1 Å². The number of ether oxygens (including phenoxy) is 1. The van der Waals surface area contributed by atoms with Crippen LogP contribution in [0.2, 0.25) is 0 Å². The molecule has 0 spiro atoms. The highest BCUT2D eigenvalue weighted by atomic mass is 32.2. The summed E-state index contributed by atoms with van der Waals surface area (Å²) in [6.45, 7) is 8.36. The fraction of sp³-hybridized carbons (Fsp3) is 0.706. The molecule has 1 aliphatic carbocycles. The topological polar surface area (TPSA) is 75.7 Å². The molecular weight excluding hydrogens is 328 g/mol. The van der Waals surface area contributed by atoms with Crippen molar-refractivity contribution in [3.05, 3.63) is 23.1 Å². The number of rotatable bonds is 3. The van der Waals surface area contributed by atoms with Gasteiger partial charge in [0.15, 0.2) is 0 Å². The highest BCUT2D eigenvalue weighted by molar-refractivity contribution is 7.93. The van der Waals surface area contributed by atoms with Crippen LogP contribution in [0.25, 0.3) is 0 Å². The Kier molecular flexibility index (Phi) is 5.44. The van der Waals surface area contributed by atoms with E-state index >= 15 is 0 Å². The van der Waals surface area contributed by atoms with E-state index in [4.69, 9.17) is 4.74 Å². The molecule has 0 radical (unpaired) electrons. The molecule has 1 N–H and O–H groups in total. The van der Waals surface area contributed by atoms with Crippen LogP contribution in [0, 0.1) is 0 Å². The molecule has 0 aromatic carbocycles. The maximum absolute atomic E-state index is 12.5. The Labute approximate surface area is 145 Å². The molecule has 2 aliphatic rings. The molecule has 2 rings (SSSR count). The number of allylic oxidation sites excluding steroid dienone is 4. The van der Waals surface area contributed by atoms with Crippen molar-refractivity contribution in [2.75, 3.05) is 13.1 Å². The zero-order valence-electron chi connectivity index (χ0n) is 15.0. The number of hydrogen-bond donors (Lipinski definition) is 1. The minimum atomic E-state index is -3.48. The summed E-state index contributed by atoms with van der Waals surface area (Å²) < 4.78 is 33.3. The van der Waals surface area contributed by atoms with Gasteiger partial charge in [0.25, 0.3) is 0 Å². The van der Waals surface area contributed by atoms with Crippen molar-refractivity contribution < 1.29 is 17.9 Å². The molecule has 1 aliphatic heterocycles. The zero-order chi connectivity index (χ0) is 18.0. The molecule has 0 unspecified atom stereocenters. The van der Waals surface area contributed by atoms with Gasteiger partial charge in [0.2, 0.25) is 10.0 Å². The Hall–Kier alpha value is -1.34. The Bertz CT molecular complexity index is 636. The van der Waals surface area contributed by atoms with Crippen molar-refractivity contribution in [3.63, 3.8) is 0 Å². The molecule has 1 amide bonds. The summed E-state index contributed by atoms with van der Waals surface area (Å²) in [6, 6.07) is 0. The third-order valence-corrected chi connectivity index (χ3v) is 6.01. The van der Waals surface area contributed by atoms with Crippen LogP contribution in [0.4, 0.5) is 4.79 Å². The molecule has 0 atom stereocenters. The number of likely N-dealkylation sites (tertiary alicyclic amines) is 1. The van der Waals surface area contributed by atoms with Gasteiger partial charge in [-0.1, -0.05) is 12.2 Å². The van der Waals surface area contributed by atoms with Gasteiger partial charge in [-0.25, -0.2) is 17.9 Å². The van der Waals surface area contributed by atoms with E-state index in [2.05, 4.69) is 4.72 Å². The lowest BCUT2D eigenvalue weighted by Gasteiger charge is -2.40. The quantitative estimate of drug-likeness (QED) is 0.843. The lowest BCUT2D eigenvalue weighted by Crippen LogP contribution is -2.54. The molecule has 1 saturated heterocycles. The van der Waals surface area contributed by atoms with Gasteiger partial charge in [-0.15, -0.1) is 0 Å². The SMILES string of the molecule is CC1(NS(=O)(=O)C2=CC=CCC2)CCN(C(=O)OC(C)(C)C)CC1. The first-order valence-electron chi connectivity index (χ1n) is 8.38. The predicted octanol–water partition coefficient (Wildman–Crippen LogP) is 2.93. The Morgan fingerprint density at radius 3 is 2.42 bits per heavy atom. The largest absolute Gasteiger partial charge is 0.444 e. The molecule has 1 fully saturated rings. The first-order chi connectivity index (χ1) is 11.0. The Balaban J connectivity index is 1.96. The number of amides is 1. The van der Waals surface area contributed by atoms with Crippen molar-refractivity contribution >= 4 is 16.1 Å². The molecule has 0 bridgehead atoms. The second-order valence-electron chi connectivity index (χ2n) is 7.73. The molecule has 1 heterocycles. The maximum atomic E-state index is 12.5. The van der Waals surface area contributed by atoms with E-state index in [1.807, 2.05) is 33.8 Å². The first kappa shape index (κ1) is 19.0. The number of carbonyl (C=O) groups is 1. The molecular formula is C17H28N2O4S. The van der Waals surface area contributed by atoms with Gasteiger partial charge < -0.3 is 9.64 Å². The average Bonchev–Trinajstić information content (AvgIpc) is 2.46. The summed E-state index contributed by atoms with van der Waals surface area (Å²) in [5.74, 6) is 0. The first-order valence-corrected chi connectivity index (χ1v) is 9.87. The minimum absolute atomic E-state index is 0.340. The van der Waals surface area contributed by atoms with Crippen molar-refractivity contribution in [2.45, 2.75) is 64.5 Å². The molecule has 24 heavy (non-hydrogen) atoms. The van der Waals surface area contributed by atoms with Crippen LogP contribution < -0.4 is 4.72 Å². The van der Waals surface area contributed by atoms with E-state index in [0.717, 1.165) is 6.42 Å². The van der Waals surface area contributed by atoms with Gasteiger partial charge in [0, 0.05) is 18.6 Å². The third kappa shape index (κ3) is 5.08.